The lowest BCUT2D eigenvalue weighted by atomic mass is 10.2. The molecule has 7 heteroatoms. The van der Waals surface area contributed by atoms with Crippen molar-refractivity contribution < 1.29 is 22.7 Å². The van der Waals surface area contributed by atoms with Crippen molar-refractivity contribution in [1.82, 2.24) is 4.31 Å². The molecule has 0 amide bonds. The van der Waals surface area contributed by atoms with E-state index in [2.05, 4.69) is 0 Å². The van der Waals surface area contributed by atoms with Gasteiger partial charge in [0.05, 0.1) is 23.7 Å². The van der Waals surface area contributed by atoms with Crippen LogP contribution in [0.4, 0.5) is 4.39 Å². The molecule has 20 heavy (non-hydrogen) atoms. The molecule has 1 heterocycles. The maximum atomic E-state index is 13.3. The predicted molar refractivity (Wildman–Crippen MR) is 71.1 cm³/mol. The Labute approximate surface area is 118 Å². The number of nitrogens with zero attached hydrogens (tertiary/aromatic N) is 1. The minimum Gasteiger partial charge on any atom is -0.392 e. The third kappa shape index (κ3) is 3.01. The molecule has 1 aromatic carbocycles. The highest BCUT2D eigenvalue weighted by Crippen LogP contribution is 2.24. The highest BCUT2D eigenvalue weighted by atomic mass is 32.2. The van der Waals surface area contributed by atoms with Crippen LogP contribution in [0.25, 0.3) is 0 Å². The molecule has 0 spiro atoms. The zero-order valence-corrected chi connectivity index (χ0v) is 12.2. The summed E-state index contributed by atoms with van der Waals surface area (Å²) in [7, 11) is -3.84. The van der Waals surface area contributed by atoms with E-state index in [4.69, 9.17) is 4.74 Å². The standard InChI is InChI=1S/C13H18FNO4S/c1-9-6-15(7-10(2)19-9)20(17,18)13-5-12(14)4-3-11(13)8-16/h3-5,9-10,16H,6-8H2,1-2H3/t9-,10+. The second kappa shape index (κ2) is 5.77. The summed E-state index contributed by atoms with van der Waals surface area (Å²) in [6.45, 7) is 3.56. The summed E-state index contributed by atoms with van der Waals surface area (Å²) in [4.78, 5) is -0.179. The quantitative estimate of drug-likeness (QED) is 0.908. The number of morpholine rings is 1. The van der Waals surface area contributed by atoms with Crippen molar-refractivity contribution in [2.75, 3.05) is 13.1 Å². The van der Waals surface area contributed by atoms with E-state index in [1.807, 2.05) is 0 Å². The summed E-state index contributed by atoms with van der Waals surface area (Å²) in [5.41, 5.74) is 0.193. The Morgan fingerprint density at radius 1 is 1.35 bits per heavy atom. The van der Waals surface area contributed by atoms with Crippen molar-refractivity contribution in [2.45, 2.75) is 37.6 Å². The first kappa shape index (κ1) is 15.4. The maximum Gasteiger partial charge on any atom is 0.243 e. The fraction of sp³-hybridized carbons (Fsp3) is 0.538. The number of ether oxygens (including phenoxy) is 1. The topological polar surface area (TPSA) is 66.8 Å². The summed E-state index contributed by atoms with van der Waals surface area (Å²) < 4.78 is 45.3. The molecule has 0 bridgehead atoms. The lowest BCUT2D eigenvalue weighted by molar-refractivity contribution is -0.0441. The molecular formula is C13H18FNO4S. The molecule has 0 radical (unpaired) electrons. The molecule has 1 aliphatic heterocycles. The predicted octanol–water partition coefficient (Wildman–Crippen LogP) is 1.12. The summed E-state index contributed by atoms with van der Waals surface area (Å²) in [5, 5.41) is 9.24. The molecule has 2 atom stereocenters. The Morgan fingerprint density at radius 3 is 2.50 bits per heavy atom. The molecular weight excluding hydrogens is 285 g/mol. The molecule has 0 aromatic heterocycles. The van der Waals surface area contributed by atoms with Crippen molar-refractivity contribution in [3.05, 3.63) is 29.6 Å². The van der Waals surface area contributed by atoms with Crippen LogP contribution in [0.1, 0.15) is 19.4 Å². The molecule has 5 nitrogen and oxygen atoms in total. The van der Waals surface area contributed by atoms with E-state index in [-0.39, 0.29) is 35.8 Å². The zero-order valence-electron chi connectivity index (χ0n) is 11.4. The summed E-state index contributed by atoms with van der Waals surface area (Å²) in [6.07, 6.45) is -0.445. The Bertz CT molecular complexity index is 580. The van der Waals surface area contributed by atoms with Crippen LogP contribution in [0, 0.1) is 5.82 Å². The van der Waals surface area contributed by atoms with Crippen molar-refractivity contribution >= 4 is 10.0 Å². The fourth-order valence-corrected chi connectivity index (χ4v) is 4.18. The normalized spacial score (nSPS) is 24.8. The van der Waals surface area contributed by atoms with E-state index in [1.165, 1.54) is 10.4 Å². The van der Waals surface area contributed by atoms with Gasteiger partial charge >= 0.3 is 0 Å². The molecule has 1 fully saturated rings. The van der Waals surface area contributed by atoms with E-state index in [0.29, 0.717) is 0 Å². The second-order valence-corrected chi connectivity index (χ2v) is 6.90. The lowest BCUT2D eigenvalue weighted by Crippen LogP contribution is -2.48. The first-order valence-electron chi connectivity index (χ1n) is 6.39. The number of sulfonamides is 1. The average molecular weight is 303 g/mol. The number of aliphatic hydroxyl groups is 1. The van der Waals surface area contributed by atoms with Crippen molar-refractivity contribution in [2.24, 2.45) is 0 Å². The Balaban J connectivity index is 2.42. The minimum absolute atomic E-state index is 0.179. The summed E-state index contributed by atoms with van der Waals surface area (Å²) in [5.74, 6) is -0.643. The van der Waals surface area contributed by atoms with E-state index in [9.17, 15) is 17.9 Å². The van der Waals surface area contributed by atoms with Crippen LogP contribution in [-0.4, -0.2) is 43.1 Å². The first-order chi connectivity index (χ1) is 9.34. The largest absolute Gasteiger partial charge is 0.392 e. The monoisotopic (exact) mass is 303 g/mol. The van der Waals surface area contributed by atoms with E-state index in [0.717, 1.165) is 12.1 Å². The fourth-order valence-electron chi connectivity index (χ4n) is 2.37. The summed E-state index contributed by atoms with van der Waals surface area (Å²) in [6, 6.07) is 3.37. The van der Waals surface area contributed by atoms with Crippen LogP contribution in [-0.2, 0) is 21.4 Å². The molecule has 0 unspecified atom stereocenters. The smallest absolute Gasteiger partial charge is 0.243 e. The van der Waals surface area contributed by atoms with Gasteiger partial charge in [0.25, 0.3) is 0 Å². The molecule has 0 aliphatic carbocycles. The number of aliphatic hydroxyl groups excluding tert-OH is 1. The van der Waals surface area contributed by atoms with E-state index >= 15 is 0 Å². The molecule has 112 valence electrons. The van der Waals surface area contributed by atoms with Crippen LogP contribution >= 0.6 is 0 Å². The Morgan fingerprint density at radius 2 is 1.95 bits per heavy atom. The van der Waals surface area contributed by atoms with Gasteiger partial charge in [-0.2, -0.15) is 4.31 Å². The second-order valence-electron chi connectivity index (χ2n) is 4.99. The van der Waals surface area contributed by atoms with Crippen LogP contribution in [0.2, 0.25) is 0 Å². The highest BCUT2D eigenvalue weighted by molar-refractivity contribution is 7.89. The van der Waals surface area contributed by atoms with Crippen LogP contribution in [0.5, 0.6) is 0 Å². The molecule has 0 saturated carbocycles. The van der Waals surface area contributed by atoms with E-state index in [1.54, 1.807) is 13.8 Å². The molecule has 1 N–H and O–H groups in total. The number of hydrogen-bond donors (Lipinski definition) is 1. The summed E-state index contributed by atoms with van der Waals surface area (Å²) >= 11 is 0. The van der Waals surface area contributed by atoms with Crippen LogP contribution in [0.3, 0.4) is 0 Å². The van der Waals surface area contributed by atoms with Gasteiger partial charge in [0.2, 0.25) is 10.0 Å². The molecule has 2 rings (SSSR count). The number of rotatable bonds is 3. The third-order valence-electron chi connectivity index (χ3n) is 3.20. The van der Waals surface area contributed by atoms with Crippen LogP contribution < -0.4 is 0 Å². The molecule has 1 aromatic rings. The first-order valence-corrected chi connectivity index (χ1v) is 7.83. The van der Waals surface area contributed by atoms with Gasteiger partial charge in [0.1, 0.15) is 5.82 Å². The minimum atomic E-state index is -3.84. The van der Waals surface area contributed by atoms with Crippen LogP contribution in [0.15, 0.2) is 23.1 Å². The van der Waals surface area contributed by atoms with Gasteiger partial charge in [-0.3, -0.25) is 0 Å². The SMILES string of the molecule is C[C@@H]1CN(S(=O)(=O)c2cc(F)ccc2CO)C[C@H](C)O1. The van der Waals surface area contributed by atoms with Gasteiger partial charge < -0.3 is 9.84 Å². The molecule has 1 saturated heterocycles. The van der Waals surface area contributed by atoms with Gasteiger partial charge in [-0.1, -0.05) is 6.07 Å². The zero-order chi connectivity index (χ0) is 14.9. The van der Waals surface area contributed by atoms with E-state index < -0.39 is 22.4 Å². The highest BCUT2D eigenvalue weighted by Gasteiger charge is 2.33. The van der Waals surface area contributed by atoms with Gasteiger partial charge in [0.15, 0.2) is 0 Å². The van der Waals surface area contributed by atoms with Gasteiger partial charge in [-0.05, 0) is 31.5 Å². The van der Waals surface area contributed by atoms with Crippen molar-refractivity contribution in [3.63, 3.8) is 0 Å². The van der Waals surface area contributed by atoms with Gasteiger partial charge in [-0.25, -0.2) is 12.8 Å². The Hall–Kier alpha value is -1.02. The lowest BCUT2D eigenvalue weighted by Gasteiger charge is -2.34. The van der Waals surface area contributed by atoms with Crippen molar-refractivity contribution in [3.8, 4) is 0 Å². The molecule has 1 aliphatic rings. The van der Waals surface area contributed by atoms with Gasteiger partial charge in [-0.15, -0.1) is 0 Å². The van der Waals surface area contributed by atoms with Gasteiger partial charge in [0, 0.05) is 13.1 Å². The maximum absolute atomic E-state index is 13.3. The third-order valence-corrected chi connectivity index (χ3v) is 5.12. The van der Waals surface area contributed by atoms with Crippen molar-refractivity contribution in [1.29, 1.82) is 0 Å². The average Bonchev–Trinajstić information content (AvgIpc) is 2.37. The number of halogens is 1. The Kier molecular flexibility index (Phi) is 4.43. The number of hydrogen-bond acceptors (Lipinski definition) is 4. The number of benzene rings is 1.